The average Bonchev–Trinajstić information content (AvgIpc) is 1.57. The molecule has 0 spiro atoms. The lowest BCUT2D eigenvalue weighted by Gasteiger charge is -2.27. The average molecular weight is 1750 g/mol. The highest BCUT2D eigenvalue weighted by atomic mass is 16.3. The summed E-state index contributed by atoms with van der Waals surface area (Å²) in [5, 5.41) is 19.0. The first-order chi connectivity index (χ1) is 68.0. The van der Waals surface area contributed by atoms with Crippen LogP contribution < -0.4 is 14.7 Å². The van der Waals surface area contributed by atoms with E-state index in [1.165, 1.54) is 87.1 Å². The second kappa shape index (κ2) is 33.4. The number of rotatable bonds is 14. The Kier molecular flexibility index (Phi) is 19.4. The molecular formula is C128H84N6O3. The molecule has 0 aliphatic rings. The normalized spacial score (nSPS) is 11.6. The van der Waals surface area contributed by atoms with Crippen LogP contribution in [-0.4, -0.2) is 13.7 Å². The minimum absolute atomic E-state index is 0.887. The number of aromatic nitrogens is 3. The lowest BCUT2D eigenvalue weighted by molar-refractivity contribution is 0.663. The van der Waals surface area contributed by atoms with E-state index < -0.39 is 0 Å². The van der Waals surface area contributed by atoms with Crippen molar-refractivity contribution in [3.8, 4) is 39.3 Å². The Morgan fingerprint density at radius 3 is 0.788 bits per heavy atom. The lowest BCUT2D eigenvalue weighted by Crippen LogP contribution is -2.10. The van der Waals surface area contributed by atoms with Crippen molar-refractivity contribution in [2.75, 3.05) is 14.7 Å². The van der Waals surface area contributed by atoms with Gasteiger partial charge in [-0.15, -0.1) is 0 Å². The molecule has 28 aromatic rings. The number of hydrogen-bond acceptors (Lipinski definition) is 6. The van der Waals surface area contributed by atoms with Gasteiger partial charge < -0.3 is 41.7 Å². The van der Waals surface area contributed by atoms with E-state index in [-0.39, 0.29) is 0 Å². The molecule has 137 heavy (non-hydrogen) atoms. The van der Waals surface area contributed by atoms with E-state index in [0.717, 1.165) is 156 Å². The smallest absolute Gasteiger partial charge is 0.137 e. The molecule has 0 saturated carbocycles. The maximum Gasteiger partial charge on any atom is 0.137 e. The van der Waals surface area contributed by atoms with Gasteiger partial charge in [-0.25, -0.2) is 0 Å². The SMILES string of the molecule is c1ccc(N(c2ccc(-c3ccc4ccccc4c3)cc2)c2ccc(-n3c4cccc5oc6ccccc6c6cccc3c6c54)cc2)cc1.c1ccc(N(c2ccc(-n3c4cccc5oc6ccccc6c6cccc3c6c54)cc2)c2cccc3ccccc23)cc1.c1ccc(N(c2ccccc2)c2ccc(-c3ccc(-n4c5cccc6oc7ccccc7c7cccc4c7c65)cc3)cc2)cc1. The minimum atomic E-state index is 0.887. The molecule has 0 bridgehead atoms. The summed E-state index contributed by atoms with van der Waals surface area (Å²) < 4.78 is 26.7. The standard InChI is InChI=1S/C46H30N2O.C42H28N2O.C40H26N2O/c1-2-12-35(13-3-1)47(36-24-22-32(23-25-36)34-21-20-31-10-4-5-11-33(31)30-34)37-26-28-38(29-27-37)48-41-16-8-15-40-39-14-6-7-18-43(39)49-44-19-9-17-42(48)46(44)45(40)41;1-3-11-31(12-4-1)43(32-13-5-2-6-14-32)33-25-21-29(22-26-33)30-23-27-34(28-24-30)44-37-17-9-16-36-35-15-7-8-19-39(35)45-40-20-10-18-38(44)42(40)41(36)37;1-2-13-28(14-3-1)41(34-18-8-12-27-11-4-5-15-31(27)34)29-23-25-30(26-24-29)42-35-19-9-17-33-32-16-6-7-21-37(32)43-38-22-10-20-36(42)40(38)39(33)35/h1-30H;1-28H;1-26H. The number of hydrogen-bond donors (Lipinski definition) is 0. The van der Waals surface area contributed by atoms with Crippen molar-refractivity contribution < 1.29 is 13.3 Å². The van der Waals surface area contributed by atoms with Gasteiger partial charge in [-0.3, -0.25) is 0 Å². The Morgan fingerprint density at radius 2 is 0.394 bits per heavy atom. The van der Waals surface area contributed by atoms with E-state index in [1.54, 1.807) is 0 Å². The van der Waals surface area contributed by atoms with Crippen molar-refractivity contribution in [2.24, 2.45) is 0 Å². The zero-order valence-corrected chi connectivity index (χ0v) is 74.4. The fourth-order valence-electron chi connectivity index (χ4n) is 21.0. The highest BCUT2D eigenvalue weighted by Crippen LogP contribution is 2.49. The third-order valence-electron chi connectivity index (χ3n) is 27.1. The number of benzene rings is 22. The van der Waals surface area contributed by atoms with E-state index in [1.807, 2.05) is 18.2 Å². The summed E-state index contributed by atoms with van der Waals surface area (Å²) in [6.45, 7) is 0. The fraction of sp³-hybridized carbons (Fsp3) is 0. The molecule has 6 aromatic heterocycles. The molecule has 0 amide bonds. The molecule has 0 saturated heterocycles. The Balaban J connectivity index is 0.000000107. The van der Waals surface area contributed by atoms with Gasteiger partial charge in [0.2, 0.25) is 0 Å². The molecule has 0 N–H and O–H groups in total. The molecule has 0 fully saturated rings. The summed E-state index contributed by atoms with van der Waals surface area (Å²) in [7, 11) is 0. The summed E-state index contributed by atoms with van der Waals surface area (Å²) in [6.07, 6.45) is 0. The van der Waals surface area contributed by atoms with Crippen LogP contribution in [0.2, 0.25) is 0 Å². The molecular weight excluding hydrogens is 1670 g/mol. The second-order valence-electron chi connectivity index (χ2n) is 34.9. The van der Waals surface area contributed by atoms with Crippen molar-refractivity contribution in [1.82, 2.24) is 13.7 Å². The van der Waals surface area contributed by atoms with Crippen molar-refractivity contribution in [1.29, 1.82) is 0 Å². The number of para-hydroxylation sites is 7. The summed E-state index contributed by atoms with van der Waals surface area (Å²) in [6, 6.07) is 181. The van der Waals surface area contributed by atoms with Gasteiger partial charge in [0.1, 0.15) is 33.5 Å². The van der Waals surface area contributed by atoms with Crippen LogP contribution in [0.1, 0.15) is 0 Å². The first-order valence-electron chi connectivity index (χ1n) is 46.6. The predicted octanol–water partition coefficient (Wildman–Crippen LogP) is 36.1. The van der Waals surface area contributed by atoms with Crippen LogP contribution in [0.25, 0.3) is 192 Å². The molecule has 0 radical (unpaired) electrons. The molecule has 0 aliphatic carbocycles. The third kappa shape index (κ3) is 13.8. The van der Waals surface area contributed by atoms with E-state index in [0.29, 0.717) is 0 Å². The van der Waals surface area contributed by atoms with Crippen molar-refractivity contribution >= 4 is 204 Å². The fourth-order valence-corrected chi connectivity index (χ4v) is 21.0. The number of nitrogens with zero attached hydrogens (tertiary/aromatic N) is 6. The van der Waals surface area contributed by atoms with E-state index in [2.05, 4.69) is 520 Å². The van der Waals surface area contributed by atoms with Crippen molar-refractivity contribution in [2.45, 2.75) is 0 Å². The molecule has 0 aliphatic heterocycles. The van der Waals surface area contributed by atoms with Gasteiger partial charge in [0.05, 0.1) is 54.9 Å². The van der Waals surface area contributed by atoms with Crippen LogP contribution in [0, 0.1) is 0 Å². The highest BCUT2D eigenvalue weighted by molar-refractivity contribution is 6.30. The summed E-state index contributed by atoms with van der Waals surface area (Å²) >= 11 is 0. The minimum Gasteiger partial charge on any atom is -0.456 e. The van der Waals surface area contributed by atoms with Crippen LogP contribution in [-0.2, 0) is 0 Å². The maximum absolute atomic E-state index is 6.55. The Bertz CT molecular complexity index is 9410. The summed E-state index contributed by atoms with van der Waals surface area (Å²) in [5.74, 6) is 0. The summed E-state index contributed by atoms with van der Waals surface area (Å²) in [4.78, 5) is 6.95. The third-order valence-corrected chi connectivity index (χ3v) is 27.1. The Labute approximate surface area is 789 Å². The number of fused-ring (bicyclic) bond motifs is 8. The van der Waals surface area contributed by atoms with Gasteiger partial charge in [0.15, 0.2) is 0 Å². The topological polar surface area (TPSA) is 63.9 Å². The van der Waals surface area contributed by atoms with Gasteiger partial charge in [-0.05, 0) is 273 Å². The molecule has 6 heterocycles. The van der Waals surface area contributed by atoms with Crippen LogP contribution in [0.5, 0.6) is 0 Å². The monoisotopic (exact) mass is 1750 g/mol. The zero-order chi connectivity index (χ0) is 90.4. The van der Waals surface area contributed by atoms with E-state index in [4.69, 9.17) is 13.3 Å². The van der Waals surface area contributed by atoms with Gasteiger partial charge in [-0.2, -0.15) is 0 Å². The molecule has 9 nitrogen and oxygen atoms in total. The maximum atomic E-state index is 6.55. The van der Waals surface area contributed by atoms with Crippen molar-refractivity contribution in [3.05, 3.63) is 510 Å². The van der Waals surface area contributed by atoms with Crippen LogP contribution in [0.15, 0.2) is 523 Å². The lowest BCUT2D eigenvalue weighted by atomic mass is 10.0. The van der Waals surface area contributed by atoms with Crippen LogP contribution in [0.4, 0.5) is 51.2 Å². The molecule has 22 aromatic carbocycles. The molecule has 0 atom stereocenters. The van der Waals surface area contributed by atoms with E-state index in [9.17, 15) is 0 Å². The van der Waals surface area contributed by atoms with Crippen LogP contribution >= 0.6 is 0 Å². The summed E-state index contributed by atoms with van der Waals surface area (Å²) in [5.41, 5.74) is 30.4. The number of anilines is 9. The molecule has 644 valence electrons. The highest BCUT2D eigenvalue weighted by Gasteiger charge is 2.26. The van der Waals surface area contributed by atoms with Crippen LogP contribution in [0.3, 0.4) is 0 Å². The Morgan fingerprint density at radius 1 is 0.146 bits per heavy atom. The first kappa shape index (κ1) is 79.5. The largest absolute Gasteiger partial charge is 0.456 e. The van der Waals surface area contributed by atoms with Gasteiger partial charge in [-0.1, -0.05) is 291 Å². The van der Waals surface area contributed by atoms with Crippen molar-refractivity contribution in [3.63, 3.8) is 0 Å². The Hall–Kier alpha value is -18.4. The molecule has 0 unspecified atom stereocenters. The molecule has 9 heteroatoms. The van der Waals surface area contributed by atoms with E-state index >= 15 is 0 Å². The quantitative estimate of drug-likeness (QED) is 0.108. The predicted molar refractivity (Wildman–Crippen MR) is 574 cm³/mol. The van der Waals surface area contributed by atoms with Gasteiger partial charge in [0.25, 0.3) is 0 Å². The van der Waals surface area contributed by atoms with Gasteiger partial charge >= 0.3 is 0 Å². The molecule has 28 rings (SSSR count). The van der Waals surface area contributed by atoms with Gasteiger partial charge in [0, 0.05) is 100 Å². The first-order valence-corrected chi connectivity index (χ1v) is 46.6. The zero-order valence-electron chi connectivity index (χ0n) is 74.4. The second-order valence-corrected chi connectivity index (χ2v) is 34.9.